The second-order valence-corrected chi connectivity index (χ2v) is 4.00. The molecule has 3 nitrogen and oxygen atoms in total. The average molecular weight is 225 g/mol. The Morgan fingerprint density at radius 1 is 1.38 bits per heavy atom. The van der Waals surface area contributed by atoms with Gasteiger partial charge in [-0.3, -0.25) is 0 Å². The van der Waals surface area contributed by atoms with Gasteiger partial charge in [0.2, 0.25) is 0 Å². The van der Waals surface area contributed by atoms with Gasteiger partial charge in [0.15, 0.2) is 6.29 Å². The molecule has 1 unspecified atom stereocenters. The van der Waals surface area contributed by atoms with Crippen molar-refractivity contribution >= 4 is 0 Å². The topological polar surface area (TPSA) is 44.5 Å². The summed E-state index contributed by atoms with van der Waals surface area (Å²) in [6, 6.07) is 6.44. The van der Waals surface area contributed by atoms with Gasteiger partial charge in [0.25, 0.3) is 0 Å². The van der Waals surface area contributed by atoms with Gasteiger partial charge in [-0.1, -0.05) is 12.1 Å². The summed E-state index contributed by atoms with van der Waals surface area (Å²) in [6.07, 6.45) is 1.10. The van der Waals surface area contributed by atoms with Gasteiger partial charge >= 0.3 is 0 Å². The molecule has 4 heteroatoms. The first kappa shape index (κ1) is 11.5. The standard InChI is InChI=1S/C12H16FNO2/c13-10-3-1-2-9(6-10)7-11(14)8-12-15-4-5-16-12/h1-3,6,11-12H,4-5,7-8,14H2. The number of ether oxygens (including phenoxy) is 2. The first-order valence-corrected chi connectivity index (χ1v) is 5.47. The van der Waals surface area contributed by atoms with Gasteiger partial charge in [0, 0.05) is 12.5 Å². The fourth-order valence-electron chi connectivity index (χ4n) is 1.84. The monoisotopic (exact) mass is 225 g/mol. The van der Waals surface area contributed by atoms with E-state index in [-0.39, 0.29) is 18.1 Å². The first-order chi connectivity index (χ1) is 7.74. The molecular formula is C12H16FNO2. The summed E-state index contributed by atoms with van der Waals surface area (Å²) < 4.78 is 23.5. The molecule has 0 radical (unpaired) electrons. The molecule has 0 aromatic heterocycles. The third kappa shape index (κ3) is 3.27. The van der Waals surface area contributed by atoms with Crippen LogP contribution < -0.4 is 5.73 Å². The molecule has 0 amide bonds. The van der Waals surface area contributed by atoms with E-state index < -0.39 is 0 Å². The molecule has 0 spiro atoms. The van der Waals surface area contributed by atoms with E-state index in [1.165, 1.54) is 12.1 Å². The number of benzene rings is 1. The van der Waals surface area contributed by atoms with Crippen molar-refractivity contribution in [2.75, 3.05) is 13.2 Å². The lowest BCUT2D eigenvalue weighted by molar-refractivity contribution is -0.0504. The summed E-state index contributed by atoms with van der Waals surface area (Å²) >= 11 is 0. The fraction of sp³-hybridized carbons (Fsp3) is 0.500. The van der Waals surface area contributed by atoms with Crippen LogP contribution in [-0.4, -0.2) is 25.5 Å². The molecule has 0 aliphatic carbocycles. The van der Waals surface area contributed by atoms with Crippen molar-refractivity contribution in [1.82, 2.24) is 0 Å². The van der Waals surface area contributed by atoms with Crippen molar-refractivity contribution in [2.24, 2.45) is 5.73 Å². The normalized spacial score (nSPS) is 18.9. The van der Waals surface area contributed by atoms with Crippen molar-refractivity contribution in [3.05, 3.63) is 35.6 Å². The molecule has 16 heavy (non-hydrogen) atoms. The van der Waals surface area contributed by atoms with E-state index in [2.05, 4.69) is 0 Å². The van der Waals surface area contributed by atoms with Crippen molar-refractivity contribution < 1.29 is 13.9 Å². The van der Waals surface area contributed by atoms with Crippen LogP contribution in [0.3, 0.4) is 0 Å². The minimum absolute atomic E-state index is 0.0649. The van der Waals surface area contributed by atoms with E-state index in [4.69, 9.17) is 15.2 Å². The third-order valence-corrected chi connectivity index (χ3v) is 2.57. The maximum atomic E-state index is 12.9. The average Bonchev–Trinajstić information content (AvgIpc) is 2.70. The molecule has 1 aliphatic rings. The molecule has 1 heterocycles. The Labute approximate surface area is 94.3 Å². The smallest absolute Gasteiger partial charge is 0.159 e. The summed E-state index contributed by atoms with van der Waals surface area (Å²) in [5.41, 5.74) is 6.86. The number of rotatable bonds is 4. The van der Waals surface area contributed by atoms with Gasteiger partial charge < -0.3 is 15.2 Å². The van der Waals surface area contributed by atoms with E-state index in [0.717, 1.165) is 5.56 Å². The lowest BCUT2D eigenvalue weighted by Gasteiger charge is -2.15. The van der Waals surface area contributed by atoms with Gasteiger partial charge in [0.1, 0.15) is 5.82 Å². The highest BCUT2D eigenvalue weighted by Crippen LogP contribution is 2.13. The molecule has 1 saturated heterocycles. The molecular weight excluding hydrogens is 209 g/mol. The SMILES string of the molecule is NC(Cc1cccc(F)c1)CC1OCCO1. The fourth-order valence-corrected chi connectivity index (χ4v) is 1.84. The van der Waals surface area contributed by atoms with Crippen LogP contribution in [0.1, 0.15) is 12.0 Å². The number of hydrogen-bond donors (Lipinski definition) is 1. The molecule has 0 saturated carbocycles. The second-order valence-electron chi connectivity index (χ2n) is 4.00. The van der Waals surface area contributed by atoms with E-state index in [9.17, 15) is 4.39 Å². The summed E-state index contributed by atoms with van der Waals surface area (Å²) in [4.78, 5) is 0. The summed E-state index contributed by atoms with van der Waals surface area (Å²) in [5, 5.41) is 0. The Bertz CT molecular complexity index is 340. The lowest BCUT2D eigenvalue weighted by atomic mass is 10.0. The zero-order chi connectivity index (χ0) is 11.4. The van der Waals surface area contributed by atoms with Crippen LogP contribution in [0.25, 0.3) is 0 Å². The Kier molecular flexibility index (Phi) is 3.88. The van der Waals surface area contributed by atoms with Crippen LogP contribution in [0, 0.1) is 5.82 Å². The Morgan fingerprint density at radius 3 is 2.81 bits per heavy atom. The number of nitrogens with two attached hydrogens (primary N) is 1. The molecule has 1 fully saturated rings. The maximum absolute atomic E-state index is 12.9. The first-order valence-electron chi connectivity index (χ1n) is 5.47. The van der Waals surface area contributed by atoms with Gasteiger partial charge in [-0.2, -0.15) is 0 Å². The number of halogens is 1. The van der Waals surface area contributed by atoms with Crippen molar-refractivity contribution in [3.63, 3.8) is 0 Å². The molecule has 1 aromatic rings. The Balaban J connectivity index is 1.84. The number of hydrogen-bond acceptors (Lipinski definition) is 3. The van der Waals surface area contributed by atoms with Crippen molar-refractivity contribution in [3.8, 4) is 0 Å². The van der Waals surface area contributed by atoms with Gasteiger partial charge in [-0.05, 0) is 24.1 Å². The predicted octanol–water partition coefficient (Wildman–Crippen LogP) is 1.46. The third-order valence-electron chi connectivity index (χ3n) is 2.57. The zero-order valence-electron chi connectivity index (χ0n) is 9.06. The molecule has 2 rings (SSSR count). The van der Waals surface area contributed by atoms with Crippen LogP contribution in [-0.2, 0) is 15.9 Å². The highest BCUT2D eigenvalue weighted by Gasteiger charge is 2.19. The van der Waals surface area contributed by atoms with Crippen LogP contribution in [0.5, 0.6) is 0 Å². The lowest BCUT2D eigenvalue weighted by Crippen LogP contribution is -2.28. The molecule has 0 bridgehead atoms. The summed E-state index contributed by atoms with van der Waals surface area (Å²) in [7, 11) is 0. The van der Waals surface area contributed by atoms with Gasteiger partial charge in [-0.15, -0.1) is 0 Å². The predicted molar refractivity (Wildman–Crippen MR) is 58.4 cm³/mol. The largest absolute Gasteiger partial charge is 0.350 e. The Hall–Kier alpha value is -0.970. The van der Waals surface area contributed by atoms with Crippen LogP contribution in [0.15, 0.2) is 24.3 Å². The summed E-state index contributed by atoms with van der Waals surface area (Å²) in [6.45, 7) is 1.27. The Morgan fingerprint density at radius 2 is 2.12 bits per heavy atom. The molecule has 1 aliphatic heterocycles. The minimum Gasteiger partial charge on any atom is -0.350 e. The highest BCUT2D eigenvalue weighted by atomic mass is 19.1. The van der Waals surface area contributed by atoms with Gasteiger partial charge in [-0.25, -0.2) is 4.39 Å². The van der Waals surface area contributed by atoms with E-state index in [1.807, 2.05) is 6.07 Å². The molecule has 88 valence electrons. The highest BCUT2D eigenvalue weighted by molar-refractivity contribution is 5.17. The molecule has 1 aromatic carbocycles. The second kappa shape index (κ2) is 5.39. The minimum atomic E-state index is -0.224. The van der Waals surface area contributed by atoms with Gasteiger partial charge in [0.05, 0.1) is 13.2 Å². The summed E-state index contributed by atoms with van der Waals surface area (Å²) in [5.74, 6) is -0.224. The zero-order valence-corrected chi connectivity index (χ0v) is 9.06. The van der Waals surface area contributed by atoms with Crippen molar-refractivity contribution in [1.29, 1.82) is 0 Å². The van der Waals surface area contributed by atoms with Crippen LogP contribution >= 0.6 is 0 Å². The maximum Gasteiger partial charge on any atom is 0.159 e. The van der Waals surface area contributed by atoms with Crippen molar-refractivity contribution in [2.45, 2.75) is 25.2 Å². The van der Waals surface area contributed by atoms with Crippen LogP contribution in [0.2, 0.25) is 0 Å². The van der Waals surface area contributed by atoms with E-state index >= 15 is 0 Å². The quantitative estimate of drug-likeness (QED) is 0.843. The van der Waals surface area contributed by atoms with E-state index in [1.54, 1.807) is 6.07 Å². The molecule has 1 atom stereocenters. The van der Waals surface area contributed by atoms with Crippen LogP contribution in [0.4, 0.5) is 4.39 Å². The molecule has 2 N–H and O–H groups in total. The van der Waals surface area contributed by atoms with E-state index in [0.29, 0.717) is 26.1 Å².